The second-order valence-corrected chi connectivity index (χ2v) is 4.21. The molecule has 0 amide bonds. The molecule has 2 aromatic heterocycles. The predicted octanol–water partition coefficient (Wildman–Crippen LogP) is 1.93. The molecule has 18 heavy (non-hydrogen) atoms. The fourth-order valence-electron chi connectivity index (χ4n) is 1.89. The van der Waals surface area contributed by atoms with Crippen LogP contribution in [0.15, 0.2) is 36.7 Å². The minimum absolute atomic E-state index is 0.365. The molecule has 0 aliphatic carbocycles. The first-order valence-corrected chi connectivity index (χ1v) is 5.82. The molecule has 0 aliphatic heterocycles. The first kappa shape index (κ1) is 11.1. The first-order valence-electron chi connectivity index (χ1n) is 5.44. The number of fused-ring (bicyclic) bond motifs is 1. The molecule has 0 spiro atoms. The molecular weight excluding hydrogens is 250 g/mol. The van der Waals surface area contributed by atoms with Gasteiger partial charge in [-0.25, -0.2) is 4.68 Å². The zero-order valence-corrected chi connectivity index (χ0v) is 10.2. The van der Waals surface area contributed by atoms with Crippen LogP contribution in [0.25, 0.3) is 16.6 Å². The Kier molecular flexibility index (Phi) is 2.70. The number of aromatic nitrogens is 4. The van der Waals surface area contributed by atoms with Crippen molar-refractivity contribution in [3.8, 4) is 5.69 Å². The zero-order chi connectivity index (χ0) is 12.5. The van der Waals surface area contributed by atoms with E-state index in [1.807, 2.05) is 24.3 Å². The lowest BCUT2D eigenvalue weighted by Gasteiger charge is -2.08. The summed E-state index contributed by atoms with van der Waals surface area (Å²) in [5.74, 6) is 0. The lowest BCUT2D eigenvalue weighted by atomic mass is 10.2. The van der Waals surface area contributed by atoms with Gasteiger partial charge in [0.1, 0.15) is 0 Å². The van der Waals surface area contributed by atoms with E-state index in [-0.39, 0.29) is 0 Å². The van der Waals surface area contributed by atoms with E-state index in [1.54, 1.807) is 17.1 Å². The third-order valence-electron chi connectivity index (χ3n) is 2.75. The molecule has 0 bridgehead atoms. The van der Waals surface area contributed by atoms with E-state index in [1.165, 1.54) is 0 Å². The van der Waals surface area contributed by atoms with E-state index < -0.39 is 0 Å². The van der Waals surface area contributed by atoms with Crippen molar-refractivity contribution in [3.05, 3.63) is 47.4 Å². The molecule has 0 saturated carbocycles. The van der Waals surface area contributed by atoms with Gasteiger partial charge in [-0.1, -0.05) is 16.8 Å². The molecule has 0 atom stereocenters. The highest BCUT2D eigenvalue weighted by Gasteiger charge is 2.11. The average Bonchev–Trinajstić information content (AvgIpc) is 2.88. The summed E-state index contributed by atoms with van der Waals surface area (Å²) >= 11 is 6.15. The standard InChI is InChI=1S/C12H10ClN5/c13-10-3-4-11(12-9(10)2-1-5-15-12)18-8(6-14)7-16-17-18/h1-5,7H,6,14H2. The lowest BCUT2D eigenvalue weighted by Crippen LogP contribution is -2.07. The van der Waals surface area contributed by atoms with Gasteiger partial charge in [0.25, 0.3) is 0 Å². The van der Waals surface area contributed by atoms with Gasteiger partial charge in [-0.2, -0.15) is 0 Å². The van der Waals surface area contributed by atoms with Crippen molar-refractivity contribution in [2.24, 2.45) is 5.73 Å². The van der Waals surface area contributed by atoms with E-state index in [0.29, 0.717) is 11.6 Å². The molecular formula is C12H10ClN5. The average molecular weight is 260 g/mol. The molecule has 5 nitrogen and oxygen atoms in total. The van der Waals surface area contributed by atoms with E-state index >= 15 is 0 Å². The van der Waals surface area contributed by atoms with Crippen LogP contribution in [0.4, 0.5) is 0 Å². The number of hydrogen-bond acceptors (Lipinski definition) is 4. The van der Waals surface area contributed by atoms with Crippen LogP contribution in [0.2, 0.25) is 5.02 Å². The molecule has 90 valence electrons. The monoisotopic (exact) mass is 259 g/mol. The normalized spacial score (nSPS) is 11.0. The predicted molar refractivity (Wildman–Crippen MR) is 69.6 cm³/mol. The van der Waals surface area contributed by atoms with Crippen molar-refractivity contribution in [1.29, 1.82) is 0 Å². The summed E-state index contributed by atoms with van der Waals surface area (Å²) in [5.41, 5.74) is 8.09. The summed E-state index contributed by atoms with van der Waals surface area (Å²) in [6, 6.07) is 7.46. The van der Waals surface area contributed by atoms with Gasteiger partial charge >= 0.3 is 0 Å². The first-order chi connectivity index (χ1) is 8.81. The van der Waals surface area contributed by atoms with Crippen LogP contribution >= 0.6 is 11.6 Å². The zero-order valence-electron chi connectivity index (χ0n) is 9.42. The molecule has 0 saturated heterocycles. The van der Waals surface area contributed by atoms with Crippen LogP contribution in [0.1, 0.15) is 5.69 Å². The fraction of sp³-hybridized carbons (Fsp3) is 0.0833. The molecule has 0 fully saturated rings. The van der Waals surface area contributed by atoms with Crippen LogP contribution in [0.5, 0.6) is 0 Å². The Bertz CT molecular complexity index is 707. The Labute approximate surface area is 108 Å². The summed E-state index contributed by atoms with van der Waals surface area (Å²) < 4.78 is 1.69. The smallest absolute Gasteiger partial charge is 0.0974 e. The summed E-state index contributed by atoms with van der Waals surface area (Å²) in [7, 11) is 0. The number of benzene rings is 1. The molecule has 3 aromatic rings. The summed E-state index contributed by atoms with van der Waals surface area (Å²) in [6.45, 7) is 0.365. The highest BCUT2D eigenvalue weighted by Crippen LogP contribution is 2.27. The molecule has 0 radical (unpaired) electrons. The minimum Gasteiger partial charge on any atom is -0.325 e. The van der Waals surface area contributed by atoms with E-state index in [4.69, 9.17) is 17.3 Å². The van der Waals surface area contributed by atoms with E-state index in [0.717, 1.165) is 22.3 Å². The van der Waals surface area contributed by atoms with Crippen molar-refractivity contribution in [2.75, 3.05) is 0 Å². The largest absolute Gasteiger partial charge is 0.325 e. The molecule has 0 aliphatic rings. The third-order valence-corrected chi connectivity index (χ3v) is 3.08. The third kappa shape index (κ3) is 1.64. The van der Waals surface area contributed by atoms with Crippen LogP contribution in [0.3, 0.4) is 0 Å². The van der Waals surface area contributed by atoms with Gasteiger partial charge in [-0.15, -0.1) is 5.10 Å². The van der Waals surface area contributed by atoms with Crippen LogP contribution in [-0.2, 0) is 6.54 Å². The lowest BCUT2D eigenvalue weighted by molar-refractivity contribution is 0.764. The second-order valence-electron chi connectivity index (χ2n) is 3.81. The SMILES string of the molecule is NCc1cnnn1-c1ccc(Cl)c2cccnc12. The molecule has 0 unspecified atom stereocenters. The van der Waals surface area contributed by atoms with Gasteiger partial charge in [0.05, 0.1) is 28.1 Å². The van der Waals surface area contributed by atoms with E-state index in [9.17, 15) is 0 Å². The quantitative estimate of drug-likeness (QED) is 0.763. The van der Waals surface area contributed by atoms with Crippen molar-refractivity contribution in [2.45, 2.75) is 6.54 Å². The minimum atomic E-state index is 0.365. The Hall–Kier alpha value is -1.98. The van der Waals surface area contributed by atoms with Gasteiger partial charge in [0.2, 0.25) is 0 Å². The Morgan fingerprint density at radius 1 is 1.28 bits per heavy atom. The van der Waals surface area contributed by atoms with E-state index in [2.05, 4.69) is 15.3 Å². The maximum atomic E-state index is 6.15. The van der Waals surface area contributed by atoms with Crippen molar-refractivity contribution in [1.82, 2.24) is 20.0 Å². The van der Waals surface area contributed by atoms with Gasteiger partial charge in [0.15, 0.2) is 0 Å². The molecule has 6 heteroatoms. The Morgan fingerprint density at radius 3 is 3.00 bits per heavy atom. The van der Waals surface area contributed by atoms with Gasteiger partial charge in [0, 0.05) is 18.1 Å². The molecule has 1 aromatic carbocycles. The number of rotatable bonds is 2. The van der Waals surface area contributed by atoms with Gasteiger partial charge < -0.3 is 5.73 Å². The highest BCUT2D eigenvalue weighted by molar-refractivity contribution is 6.35. The van der Waals surface area contributed by atoms with Crippen LogP contribution in [-0.4, -0.2) is 20.0 Å². The number of nitrogens with zero attached hydrogens (tertiary/aromatic N) is 4. The van der Waals surface area contributed by atoms with Gasteiger partial charge in [-0.3, -0.25) is 4.98 Å². The van der Waals surface area contributed by atoms with Crippen LogP contribution in [0, 0.1) is 0 Å². The van der Waals surface area contributed by atoms with Crippen molar-refractivity contribution >= 4 is 22.5 Å². The molecule has 2 N–H and O–H groups in total. The summed E-state index contributed by atoms with van der Waals surface area (Å²) in [4.78, 5) is 4.36. The molecule has 2 heterocycles. The maximum Gasteiger partial charge on any atom is 0.0974 e. The van der Waals surface area contributed by atoms with Gasteiger partial charge in [-0.05, 0) is 24.3 Å². The number of hydrogen-bond donors (Lipinski definition) is 1. The Balaban J connectivity index is 2.34. The van der Waals surface area contributed by atoms with Crippen molar-refractivity contribution < 1.29 is 0 Å². The number of nitrogens with two attached hydrogens (primary N) is 1. The highest BCUT2D eigenvalue weighted by atomic mass is 35.5. The molecule has 3 rings (SSSR count). The van der Waals surface area contributed by atoms with Crippen LogP contribution < -0.4 is 5.73 Å². The number of halogens is 1. The van der Waals surface area contributed by atoms with Crippen molar-refractivity contribution in [3.63, 3.8) is 0 Å². The topological polar surface area (TPSA) is 69.6 Å². The number of pyridine rings is 1. The second kappa shape index (κ2) is 4.36. The summed E-state index contributed by atoms with van der Waals surface area (Å²) in [5, 5.41) is 9.46. The fourth-order valence-corrected chi connectivity index (χ4v) is 2.11. The Morgan fingerprint density at radius 2 is 2.17 bits per heavy atom. The maximum absolute atomic E-state index is 6.15. The summed E-state index contributed by atoms with van der Waals surface area (Å²) in [6.07, 6.45) is 3.37.